The fourth-order valence-corrected chi connectivity index (χ4v) is 5.86. The van der Waals surface area contributed by atoms with E-state index < -0.39 is 0 Å². The average molecular weight is 528 g/mol. The van der Waals surface area contributed by atoms with Crippen molar-refractivity contribution >= 4 is 21.8 Å². The van der Waals surface area contributed by atoms with Gasteiger partial charge in [0, 0.05) is 18.2 Å². The standard InChI is InChI=1S/C29H26BrN3O2/c1-17-6-5-7-18(14-17)16-33-26-22(24(30)27(33)29(35)31-21-11-12-21)13-10-20-15-23(28(34)32-25(20)26)19-8-3-2-4-9-19/h2-9,14-15,21H,10-13,16H2,1H3,(H,31,35)(H,32,34). The number of aromatic nitrogens is 2. The van der Waals surface area contributed by atoms with Crippen molar-refractivity contribution in [2.45, 2.75) is 45.2 Å². The number of benzene rings is 2. The average Bonchev–Trinajstić information content (AvgIpc) is 3.62. The number of aromatic amines is 1. The monoisotopic (exact) mass is 527 g/mol. The van der Waals surface area contributed by atoms with E-state index >= 15 is 0 Å². The van der Waals surface area contributed by atoms with Gasteiger partial charge in [0.1, 0.15) is 5.69 Å². The molecule has 2 N–H and O–H groups in total. The third-order valence-corrected chi connectivity index (χ3v) is 7.79. The van der Waals surface area contributed by atoms with Gasteiger partial charge in [0.2, 0.25) is 0 Å². The molecule has 0 saturated heterocycles. The van der Waals surface area contributed by atoms with Crippen molar-refractivity contribution in [3.63, 3.8) is 0 Å². The van der Waals surface area contributed by atoms with Crippen LogP contribution in [0.2, 0.25) is 0 Å². The summed E-state index contributed by atoms with van der Waals surface area (Å²) in [5.41, 5.74) is 8.30. The zero-order valence-corrected chi connectivity index (χ0v) is 21.1. The normalized spacial score (nSPS) is 14.3. The molecule has 4 aromatic rings. The molecule has 2 heterocycles. The molecule has 1 amide bonds. The van der Waals surface area contributed by atoms with Crippen molar-refractivity contribution in [3.8, 4) is 22.5 Å². The number of carbonyl (C=O) groups is 1. The number of pyridine rings is 1. The Balaban J connectivity index is 1.53. The maximum absolute atomic E-state index is 13.4. The number of carbonyl (C=O) groups excluding carboxylic acids is 1. The van der Waals surface area contributed by atoms with Crippen LogP contribution in [0.4, 0.5) is 0 Å². The number of fused-ring (bicyclic) bond motifs is 3. The minimum absolute atomic E-state index is 0.0637. The lowest BCUT2D eigenvalue weighted by Crippen LogP contribution is -2.28. The van der Waals surface area contributed by atoms with Crippen molar-refractivity contribution in [2.24, 2.45) is 0 Å². The first-order valence-electron chi connectivity index (χ1n) is 12.1. The van der Waals surface area contributed by atoms with Crippen molar-refractivity contribution in [1.29, 1.82) is 0 Å². The summed E-state index contributed by atoms with van der Waals surface area (Å²) in [7, 11) is 0. The molecule has 35 heavy (non-hydrogen) atoms. The molecule has 1 saturated carbocycles. The van der Waals surface area contributed by atoms with Crippen LogP contribution in [0.1, 0.15) is 45.6 Å². The predicted octanol–water partition coefficient (Wildman–Crippen LogP) is 5.62. The topological polar surface area (TPSA) is 66.9 Å². The van der Waals surface area contributed by atoms with Crippen LogP contribution >= 0.6 is 15.9 Å². The summed E-state index contributed by atoms with van der Waals surface area (Å²) in [6, 6.07) is 20.4. The minimum Gasteiger partial charge on any atom is -0.348 e. The van der Waals surface area contributed by atoms with Gasteiger partial charge in [-0.1, -0.05) is 60.2 Å². The predicted molar refractivity (Wildman–Crippen MR) is 142 cm³/mol. The number of hydrogen-bond acceptors (Lipinski definition) is 2. The Labute approximate surface area is 212 Å². The maximum Gasteiger partial charge on any atom is 0.269 e. The number of H-pyrrole nitrogens is 1. The molecular weight excluding hydrogens is 502 g/mol. The van der Waals surface area contributed by atoms with Gasteiger partial charge in [-0.15, -0.1) is 0 Å². The van der Waals surface area contributed by atoms with E-state index in [1.54, 1.807) is 0 Å². The van der Waals surface area contributed by atoms with Crippen LogP contribution in [0.15, 0.2) is 69.9 Å². The van der Waals surface area contributed by atoms with E-state index in [4.69, 9.17) is 0 Å². The van der Waals surface area contributed by atoms with Gasteiger partial charge >= 0.3 is 0 Å². The molecular formula is C29H26BrN3O2. The largest absolute Gasteiger partial charge is 0.348 e. The van der Waals surface area contributed by atoms with Gasteiger partial charge in [0.25, 0.3) is 11.5 Å². The quantitative estimate of drug-likeness (QED) is 0.353. The first-order chi connectivity index (χ1) is 17.0. The molecule has 1 fully saturated rings. The molecule has 5 nitrogen and oxygen atoms in total. The Morgan fingerprint density at radius 3 is 2.63 bits per heavy atom. The molecule has 0 radical (unpaired) electrons. The Hall–Kier alpha value is -3.38. The molecule has 2 aliphatic carbocycles. The first-order valence-corrected chi connectivity index (χ1v) is 12.9. The van der Waals surface area contributed by atoms with Crippen LogP contribution < -0.4 is 10.9 Å². The molecule has 6 rings (SSSR count). The minimum atomic E-state index is -0.119. The molecule has 6 heteroatoms. The smallest absolute Gasteiger partial charge is 0.269 e. The van der Waals surface area contributed by atoms with Gasteiger partial charge in [-0.25, -0.2) is 0 Å². The molecule has 2 aromatic heterocycles. The van der Waals surface area contributed by atoms with Crippen molar-refractivity contribution in [2.75, 3.05) is 0 Å². The van der Waals surface area contributed by atoms with Crippen molar-refractivity contribution in [3.05, 3.63) is 103 Å². The maximum atomic E-state index is 13.4. The van der Waals surface area contributed by atoms with Gasteiger partial charge in [0.15, 0.2) is 0 Å². The van der Waals surface area contributed by atoms with E-state index in [1.165, 1.54) is 5.56 Å². The van der Waals surface area contributed by atoms with Gasteiger partial charge in [-0.2, -0.15) is 0 Å². The Morgan fingerprint density at radius 2 is 1.89 bits per heavy atom. The Bertz CT molecular complexity index is 1510. The van der Waals surface area contributed by atoms with Crippen molar-refractivity contribution in [1.82, 2.24) is 14.9 Å². The highest BCUT2D eigenvalue weighted by molar-refractivity contribution is 9.10. The summed E-state index contributed by atoms with van der Waals surface area (Å²) in [4.78, 5) is 29.8. The highest BCUT2D eigenvalue weighted by atomic mass is 79.9. The van der Waals surface area contributed by atoms with E-state index in [-0.39, 0.29) is 17.5 Å². The summed E-state index contributed by atoms with van der Waals surface area (Å²) in [6.07, 6.45) is 3.66. The van der Waals surface area contributed by atoms with Gasteiger partial charge in [0.05, 0.1) is 15.9 Å². The second kappa shape index (κ2) is 8.68. The third kappa shape index (κ3) is 4.06. The Morgan fingerprint density at radius 1 is 1.09 bits per heavy atom. The lowest BCUT2D eigenvalue weighted by Gasteiger charge is -2.21. The summed E-state index contributed by atoms with van der Waals surface area (Å²) in [6.45, 7) is 2.62. The lowest BCUT2D eigenvalue weighted by atomic mass is 9.92. The van der Waals surface area contributed by atoms with Crippen LogP contribution in [0.3, 0.4) is 0 Å². The summed E-state index contributed by atoms with van der Waals surface area (Å²) >= 11 is 3.77. The van der Waals surface area contributed by atoms with Gasteiger partial charge in [-0.3, -0.25) is 9.59 Å². The van der Waals surface area contributed by atoms with Crippen molar-refractivity contribution < 1.29 is 4.79 Å². The summed E-state index contributed by atoms with van der Waals surface area (Å²) in [5, 5.41) is 3.16. The van der Waals surface area contributed by atoms with E-state index in [9.17, 15) is 9.59 Å². The molecule has 0 bridgehead atoms. The highest BCUT2D eigenvalue weighted by Crippen LogP contribution is 2.41. The third-order valence-electron chi connectivity index (χ3n) is 6.94. The Kier molecular flexibility index (Phi) is 5.49. The van der Waals surface area contributed by atoms with E-state index in [0.717, 1.165) is 63.8 Å². The number of hydrogen-bond donors (Lipinski definition) is 2. The fraction of sp³-hybridized carbons (Fsp3) is 0.241. The van der Waals surface area contributed by atoms with Crippen LogP contribution in [0, 0.1) is 6.92 Å². The SMILES string of the molecule is Cc1cccc(Cn2c(C(=O)NC3CC3)c(Br)c3c2-c2[nH]c(=O)c(-c4ccccc4)cc2CC3)c1. The highest BCUT2D eigenvalue weighted by Gasteiger charge is 2.33. The van der Waals surface area contributed by atoms with Crippen LogP contribution in [-0.2, 0) is 19.4 Å². The fourth-order valence-electron chi connectivity index (χ4n) is 5.08. The van der Waals surface area contributed by atoms with E-state index in [0.29, 0.717) is 17.8 Å². The number of nitrogens with one attached hydrogen (secondary N) is 2. The van der Waals surface area contributed by atoms with Gasteiger partial charge < -0.3 is 14.9 Å². The molecule has 2 aliphatic rings. The van der Waals surface area contributed by atoms with Crippen LogP contribution in [0.5, 0.6) is 0 Å². The molecule has 0 spiro atoms. The first kappa shape index (κ1) is 22.1. The number of aryl methyl sites for hydroxylation is 2. The zero-order valence-electron chi connectivity index (χ0n) is 19.5. The summed E-state index contributed by atoms with van der Waals surface area (Å²) in [5.74, 6) is -0.0637. The number of amides is 1. The molecule has 2 aromatic carbocycles. The summed E-state index contributed by atoms with van der Waals surface area (Å²) < 4.78 is 2.92. The van der Waals surface area contributed by atoms with E-state index in [1.807, 2.05) is 42.5 Å². The molecule has 0 atom stereocenters. The number of rotatable bonds is 5. The zero-order chi connectivity index (χ0) is 24.1. The number of nitrogens with zero attached hydrogens (tertiary/aromatic N) is 1. The van der Waals surface area contributed by atoms with E-state index in [2.05, 4.69) is 55.9 Å². The van der Waals surface area contributed by atoms with Gasteiger partial charge in [-0.05, 0) is 76.9 Å². The second-order valence-electron chi connectivity index (χ2n) is 9.59. The lowest BCUT2D eigenvalue weighted by molar-refractivity contribution is 0.0941. The van der Waals surface area contributed by atoms with Crippen LogP contribution in [0.25, 0.3) is 22.5 Å². The molecule has 176 valence electrons. The number of halogens is 1. The molecule has 0 unspecified atom stereocenters. The van der Waals surface area contributed by atoms with Crippen LogP contribution in [-0.4, -0.2) is 21.5 Å². The molecule has 0 aliphatic heterocycles. The second-order valence-corrected chi connectivity index (χ2v) is 10.4.